The van der Waals surface area contributed by atoms with Gasteiger partial charge in [0.2, 0.25) is 0 Å². The molecule has 0 saturated carbocycles. The lowest BCUT2D eigenvalue weighted by atomic mass is 9.80. The molecule has 8 aromatic rings. The maximum Gasteiger partial charge on any atom is 0.488 e. The van der Waals surface area contributed by atoms with Gasteiger partial charge in [-0.3, -0.25) is 0 Å². The second-order valence-corrected chi connectivity index (χ2v) is 11.1. The van der Waals surface area contributed by atoms with Gasteiger partial charge in [0.05, 0.1) is 22.1 Å². The lowest BCUT2D eigenvalue weighted by molar-refractivity contribution is 0.426. The minimum atomic E-state index is -1.46. The van der Waals surface area contributed by atoms with Crippen molar-refractivity contribution in [2.45, 2.75) is 14.9 Å². The molecule has 8 rings (SSSR count). The normalized spacial score (nSPS) is 10.7. The molecule has 0 unspecified atom stereocenters. The minimum Gasteiger partial charge on any atom is -0.423 e. The summed E-state index contributed by atoms with van der Waals surface area (Å²) in [5, 5.41) is 23.5. The average Bonchev–Trinajstić information content (AvgIpc) is 3.54. The third-order valence-electron chi connectivity index (χ3n) is 7.66. The monoisotopic (exact) mass is 640 g/mol. The number of rotatable bonds is 3. The third-order valence-corrected chi connectivity index (χ3v) is 8.15. The molecule has 0 bridgehead atoms. The summed E-state index contributed by atoms with van der Waals surface area (Å²) in [5.74, 6) is 0. The quantitative estimate of drug-likeness (QED) is 0.189. The molecule has 2 heterocycles. The van der Waals surface area contributed by atoms with E-state index in [0.717, 1.165) is 32.0 Å². The highest BCUT2D eigenvalue weighted by Crippen LogP contribution is 2.34. The number of aromatic nitrogens is 2. The summed E-state index contributed by atoms with van der Waals surface area (Å²) >= 11 is 3.57. The molecule has 0 aliphatic heterocycles. The molecular formula is C38H34BBrN2O2. The van der Waals surface area contributed by atoms with Crippen molar-refractivity contribution < 1.29 is 10.0 Å². The standard InChI is InChI=1S/C18H14BNO2.C18H12BrN.2CH4/c21-19(22)13-10-11-18-16(12-13)15-8-4-5-9-17(15)20(18)14-6-2-1-3-7-14;19-13-10-11-18-16(12-13)15-8-4-5-9-17(15)20(18)14-6-2-1-3-7-14;;/h1-12,21-22H;1-12H;2*1H4. The third kappa shape index (κ3) is 5.44. The zero-order chi connectivity index (χ0) is 28.6. The van der Waals surface area contributed by atoms with E-state index in [1.54, 1.807) is 6.07 Å². The Morgan fingerprint density at radius 1 is 0.432 bits per heavy atom. The van der Waals surface area contributed by atoms with Crippen LogP contribution >= 0.6 is 15.9 Å². The molecule has 44 heavy (non-hydrogen) atoms. The highest BCUT2D eigenvalue weighted by Gasteiger charge is 2.16. The van der Waals surface area contributed by atoms with E-state index in [4.69, 9.17) is 0 Å². The fourth-order valence-electron chi connectivity index (χ4n) is 5.81. The van der Waals surface area contributed by atoms with Crippen LogP contribution in [-0.4, -0.2) is 26.3 Å². The summed E-state index contributed by atoms with van der Waals surface area (Å²) in [6, 6.07) is 49.4. The van der Waals surface area contributed by atoms with Gasteiger partial charge < -0.3 is 19.2 Å². The fourth-order valence-corrected chi connectivity index (χ4v) is 6.17. The molecule has 0 radical (unpaired) electrons. The Labute approximate surface area is 266 Å². The maximum absolute atomic E-state index is 9.43. The van der Waals surface area contributed by atoms with Gasteiger partial charge in [-0.1, -0.05) is 116 Å². The first-order valence-electron chi connectivity index (χ1n) is 13.8. The first-order valence-corrected chi connectivity index (χ1v) is 14.6. The summed E-state index contributed by atoms with van der Waals surface area (Å²) in [6.45, 7) is 0. The second-order valence-electron chi connectivity index (χ2n) is 10.2. The van der Waals surface area contributed by atoms with Gasteiger partial charge in [0.1, 0.15) is 0 Å². The van der Waals surface area contributed by atoms with Crippen LogP contribution in [0.3, 0.4) is 0 Å². The molecule has 0 atom stereocenters. The lowest BCUT2D eigenvalue weighted by Crippen LogP contribution is -2.29. The van der Waals surface area contributed by atoms with E-state index in [9.17, 15) is 10.0 Å². The Balaban J connectivity index is 0.000000168. The molecular weight excluding hydrogens is 607 g/mol. The van der Waals surface area contributed by atoms with Crippen molar-refractivity contribution in [3.63, 3.8) is 0 Å². The van der Waals surface area contributed by atoms with E-state index >= 15 is 0 Å². The van der Waals surface area contributed by atoms with Crippen molar-refractivity contribution in [3.8, 4) is 11.4 Å². The van der Waals surface area contributed by atoms with E-state index < -0.39 is 7.12 Å². The van der Waals surface area contributed by atoms with Gasteiger partial charge in [0.25, 0.3) is 0 Å². The summed E-state index contributed by atoms with van der Waals surface area (Å²) in [4.78, 5) is 0. The SMILES string of the molecule is Brc1ccc2c(c1)c1ccccc1n2-c1ccccc1.C.C.OB(O)c1ccc2c(c1)c1ccccc1n2-c1ccccc1. The Hall–Kier alpha value is -4.62. The average molecular weight is 641 g/mol. The number of benzene rings is 6. The van der Waals surface area contributed by atoms with Crippen molar-refractivity contribution in [1.29, 1.82) is 0 Å². The van der Waals surface area contributed by atoms with Crippen molar-refractivity contribution in [2.24, 2.45) is 0 Å². The van der Waals surface area contributed by atoms with Gasteiger partial charge in [-0.2, -0.15) is 0 Å². The van der Waals surface area contributed by atoms with E-state index in [-0.39, 0.29) is 14.9 Å². The molecule has 0 amide bonds. The zero-order valence-corrected chi connectivity index (χ0v) is 24.2. The Morgan fingerprint density at radius 3 is 1.34 bits per heavy atom. The van der Waals surface area contributed by atoms with E-state index in [0.29, 0.717) is 5.46 Å². The number of nitrogens with zero attached hydrogens (tertiary/aromatic N) is 2. The predicted octanol–water partition coefficient (Wildman–Crippen LogP) is 9.28. The largest absolute Gasteiger partial charge is 0.488 e. The van der Waals surface area contributed by atoms with Crippen molar-refractivity contribution in [1.82, 2.24) is 9.13 Å². The van der Waals surface area contributed by atoms with Gasteiger partial charge in [-0.15, -0.1) is 0 Å². The van der Waals surface area contributed by atoms with Gasteiger partial charge in [-0.25, -0.2) is 0 Å². The Morgan fingerprint density at radius 2 is 0.841 bits per heavy atom. The molecule has 0 aliphatic carbocycles. The molecule has 6 heteroatoms. The molecule has 2 N–H and O–H groups in total. The Bertz CT molecular complexity index is 2190. The van der Waals surface area contributed by atoms with Crippen LogP contribution < -0.4 is 5.46 Å². The summed E-state index contributed by atoms with van der Waals surface area (Å²) in [7, 11) is -1.46. The molecule has 0 spiro atoms. The van der Waals surface area contributed by atoms with Crippen LogP contribution in [0.2, 0.25) is 0 Å². The van der Waals surface area contributed by atoms with E-state index in [1.165, 1.54) is 27.5 Å². The van der Waals surface area contributed by atoms with Crippen LogP contribution in [0, 0.1) is 0 Å². The molecule has 6 aromatic carbocycles. The van der Waals surface area contributed by atoms with Crippen LogP contribution in [0.4, 0.5) is 0 Å². The van der Waals surface area contributed by atoms with Crippen molar-refractivity contribution >= 4 is 72.1 Å². The first-order chi connectivity index (χ1) is 20.6. The van der Waals surface area contributed by atoms with Crippen molar-refractivity contribution in [2.75, 3.05) is 0 Å². The highest BCUT2D eigenvalue weighted by atomic mass is 79.9. The highest BCUT2D eigenvalue weighted by molar-refractivity contribution is 9.10. The molecule has 2 aromatic heterocycles. The van der Waals surface area contributed by atoms with Gasteiger partial charge in [-0.05, 0) is 66.1 Å². The number of halogens is 1. The summed E-state index contributed by atoms with van der Waals surface area (Å²) in [6.07, 6.45) is 0. The second kappa shape index (κ2) is 12.9. The predicted molar refractivity (Wildman–Crippen MR) is 193 cm³/mol. The lowest BCUT2D eigenvalue weighted by Gasteiger charge is -2.07. The zero-order valence-electron chi connectivity index (χ0n) is 22.6. The topological polar surface area (TPSA) is 50.3 Å². The van der Waals surface area contributed by atoms with Crippen LogP contribution in [0.25, 0.3) is 55.0 Å². The van der Waals surface area contributed by atoms with Crippen molar-refractivity contribution in [3.05, 3.63) is 150 Å². The number of fused-ring (bicyclic) bond motifs is 6. The number of hydrogen-bond donors (Lipinski definition) is 2. The fraction of sp³-hybridized carbons (Fsp3) is 0.0526. The number of hydrogen-bond acceptors (Lipinski definition) is 2. The number of para-hydroxylation sites is 4. The van der Waals surface area contributed by atoms with Gasteiger partial charge >= 0.3 is 7.12 Å². The van der Waals surface area contributed by atoms with Gasteiger partial charge in [0.15, 0.2) is 0 Å². The molecule has 0 aliphatic rings. The minimum absolute atomic E-state index is 0. The molecule has 4 nitrogen and oxygen atoms in total. The van der Waals surface area contributed by atoms with Crippen LogP contribution in [0.5, 0.6) is 0 Å². The molecule has 0 fully saturated rings. The Kier molecular flexibility index (Phi) is 9.07. The van der Waals surface area contributed by atoms with Crippen LogP contribution in [0.1, 0.15) is 14.9 Å². The van der Waals surface area contributed by atoms with E-state index in [1.807, 2.05) is 48.5 Å². The smallest absolute Gasteiger partial charge is 0.423 e. The van der Waals surface area contributed by atoms with Gasteiger partial charge in [0, 0.05) is 37.4 Å². The molecule has 218 valence electrons. The molecule has 0 saturated heterocycles. The summed E-state index contributed by atoms with van der Waals surface area (Å²) < 4.78 is 5.62. The maximum atomic E-state index is 9.43. The first kappa shape index (κ1) is 30.8. The van der Waals surface area contributed by atoms with Crippen LogP contribution in [-0.2, 0) is 0 Å². The van der Waals surface area contributed by atoms with E-state index in [2.05, 4.69) is 116 Å². The van der Waals surface area contributed by atoms with Crippen LogP contribution in [0.15, 0.2) is 150 Å². The summed E-state index contributed by atoms with van der Waals surface area (Å²) in [5.41, 5.74) is 7.42.